The molecule has 3 aromatic rings. The standard InChI is InChI=1S/C26H28OS/c1-4-17-27-25-23(20-13-9-7-10-14-20)18-22(26(28,5-2)6-3)19-24(25)21-15-11-8-12-16-21/h4,7-16,18-19,28H,1,5-6,17H2,2-3H3. The quantitative estimate of drug-likeness (QED) is 0.310. The summed E-state index contributed by atoms with van der Waals surface area (Å²) in [5, 5.41) is 0. The largest absolute Gasteiger partial charge is 0.488 e. The Hall–Kier alpha value is -2.45. The molecule has 28 heavy (non-hydrogen) atoms. The maximum atomic E-state index is 6.22. The molecule has 144 valence electrons. The molecule has 0 heterocycles. The summed E-state index contributed by atoms with van der Waals surface area (Å²) in [4.78, 5) is 0. The Balaban J connectivity index is 2.33. The normalized spacial score (nSPS) is 11.2. The van der Waals surface area contributed by atoms with Crippen LogP contribution < -0.4 is 4.74 Å². The van der Waals surface area contributed by atoms with Gasteiger partial charge in [-0.15, -0.1) is 0 Å². The van der Waals surface area contributed by atoms with Gasteiger partial charge in [-0.25, -0.2) is 0 Å². The van der Waals surface area contributed by atoms with Crippen molar-refractivity contribution >= 4 is 12.6 Å². The fraction of sp³-hybridized carbons (Fsp3) is 0.231. The van der Waals surface area contributed by atoms with Gasteiger partial charge in [0.1, 0.15) is 12.4 Å². The lowest BCUT2D eigenvalue weighted by Gasteiger charge is -2.29. The van der Waals surface area contributed by atoms with E-state index in [9.17, 15) is 0 Å². The zero-order chi connectivity index (χ0) is 20.0. The van der Waals surface area contributed by atoms with Gasteiger partial charge in [0.2, 0.25) is 0 Å². The highest BCUT2D eigenvalue weighted by atomic mass is 32.1. The molecular weight excluding hydrogens is 360 g/mol. The van der Waals surface area contributed by atoms with Crippen molar-refractivity contribution < 1.29 is 4.74 Å². The summed E-state index contributed by atoms with van der Waals surface area (Å²) in [6.45, 7) is 8.69. The molecule has 0 aliphatic heterocycles. The number of thiol groups is 1. The van der Waals surface area contributed by atoms with Crippen molar-refractivity contribution in [2.24, 2.45) is 0 Å². The van der Waals surface area contributed by atoms with Crippen molar-refractivity contribution in [3.63, 3.8) is 0 Å². The average Bonchev–Trinajstić information content (AvgIpc) is 2.77. The molecule has 1 nitrogen and oxygen atoms in total. The van der Waals surface area contributed by atoms with E-state index in [0.717, 1.165) is 40.8 Å². The van der Waals surface area contributed by atoms with Crippen molar-refractivity contribution in [1.29, 1.82) is 0 Å². The van der Waals surface area contributed by atoms with Gasteiger partial charge in [0.25, 0.3) is 0 Å². The van der Waals surface area contributed by atoms with Gasteiger partial charge in [-0.1, -0.05) is 87.2 Å². The fourth-order valence-corrected chi connectivity index (χ4v) is 3.65. The Kier molecular flexibility index (Phi) is 6.64. The van der Waals surface area contributed by atoms with Crippen LogP contribution >= 0.6 is 12.6 Å². The van der Waals surface area contributed by atoms with E-state index in [1.807, 2.05) is 12.1 Å². The average molecular weight is 389 g/mol. The first kappa shape index (κ1) is 20.3. The number of ether oxygens (including phenoxy) is 1. The molecule has 2 heteroatoms. The zero-order valence-corrected chi connectivity index (χ0v) is 17.6. The summed E-state index contributed by atoms with van der Waals surface area (Å²) in [6, 6.07) is 25.4. The summed E-state index contributed by atoms with van der Waals surface area (Å²) in [6.07, 6.45) is 3.71. The van der Waals surface area contributed by atoms with Gasteiger partial charge in [0.05, 0.1) is 0 Å². The maximum absolute atomic E-state index is 6.22. The number of hydrogen-bond acceptors (Lipinski definition) is 2. The molecule has 0 aromatic heterocycles. The van der Waals surface area contributed by atoms with Crippen LogP contribution in [0.25, 0.3) is 22.3 Å². The minimum Gasteiger partial charge on any atom is -0.488 e. The van der Waals surface area contributed by atoms with E-state index in [4.69, 9.17) is 17.4 Å². The molecule has 0 unspecified atom stereocenters. The van der Waals surface area contributed by atoms with E-state index in [0.29, 0.717) is 6.61 Å². The zero-order valence-electron chi connectivity index (χ0n) is 16.7. The summed E-state index contributed by atoms with van der Waals surface area (Å²) in [5.74, 6) is 0.893. The topological polar surface area (TPSA) is 9.23 Å². The second kappa shape index (κ2) is 9.16. The van der Waals surface area contributed by atoms with Gasteiger partial charge in [-0.2, -0.15) is 12.6 Å². The van der Waals surface area contributed by atoms with Crippen LogP contribution in [0.2, 0.25) is 0 Å². The number of hydrogen-bond donors (Lipinski definition) is 1. The third-order valence-electron chi connectivity index (χ3n) is 5.31. The first-order valence-electron chi connectivity index (χ1n) is 9.88. The van der Waals surface area contributed by atoms with E-state index in [1.54, 1.807) is 6.08 Å². The van der Waals surface area contributed by atoms with Crippen LogP contribution in [0.3, 0.4) is 0 Å². The van der Waals surface area contributed by atoms with Crippen molar-refractivity contribution in [1.82, 2.24) is 0 Å². The van der Waals surface area contributed by atoms with Crippen LogP contribution in [0.1, 0.15) is 32.3 Å². The molecule has 3 aromatic carbocycles. The molecular formula is C26H28OS. The molecule has 0 radical (unpaired) electrons. The molecule has 0 amide bonds. The smallest absolute Gasteiger partial charge is 0.135 e. The maximum Gasteiger partial charge on any atom is 0.135 e. The molecule has 0 atom stereocenters. The third-order valence-corrected chi connectivity index (χ3v) is 6.20. The van der Waals surface area contributed by atoms with Crippen LogP contribution in [-0.4, -0.2) is 6.61 Å². The number of rotatable bonds is 8. The minimum absolute atomic E-state index is 0.177. The van der Waals surface area contributed by atoms with Gasteiger partial charge < -0.3 is 4.74 Å². The van der Waals surface area contributed by atoms with Crippen molar-refractivity contribution in [2.45, 2.75) is 31.4 Å². The number of benzene rings is 3. The van der Waals surface area contributed by atoms with Gasteiger partial charge in [-0.05, 0) is 41.7 Å². The Bertz CT molecular complexity index is 851. The molecule has 3 rings (SSSR count). The van der Waals surface area contributed by atoms with E-state index in [1.165, 1.54) is 5.56 Å². The lowest BCUT2D eigenvalue weighted by atomic mass is 9.86. The van der Waals surface area contributed by atoms with E-state index in [2.05, 4.69) is 81.1 Å². The molecule has 0 bridgehead atoms. The van der Waals surface area contributed by atoms with E-state index >= 15 is 0 Å². The first-order valence-corrected chi connectivity index (χ1v) is 10.3. The van der Waals surface area contributed by atoms with E-state index < -0.39 is 0 Å². The lowest BCUT2D eigenvalue weighted by Crippen LogP contribution is -2.17. The van der Waals surface area contributed by atoms with E-state index in [-0.39, 0.29) is 4.75 Å². The van der Waals surface area contributed by atoms with Gasteiger partial charge in [0, 0.05) is 15.9 Å². The molecule has 0 aliphatic rings. The second-order valence-corrected chi connectivity index (χ2v) is 7.83. The highest BCUT2D eigenvalue weighted by Gasteiger charge is 2.27. The Labute approximate surface area is 174 Å². The summed E-state index contributed by atoms with van der Waals surface area (Å²) in [5.41, 5.74) is 5.70. The molecule has 0 N–H and O–H groups in total. The van der Waals surface area contributed by atoms with Crippen LogP contribution in [-0.2, 0) is 4.75 Å². The Morgan fingerprint density at radius 1 is 0.857 bits per heavy atom. The molecule has 0 saturated heterocycles. The summed E-state index contributed by atoms with van der Waals surface area (Å²) < 4.78 is 6.04. The van der Waals surface area contributed by atoms with Crippen LogP contribution in [0.15, 0.2) is 85.5 Å². The molecule has 0 saturated carbocycles. The van der Waals surface area contributed by atoms with Gasteiger partial charge in [-0.3, -0.25) is 0 Å². The fourth-order valence-electron chi connectivity index (χ4n) is 3.52. The second-order valence-electron chi connectivity index (χ2n) is 6.97. The predicted molar refractivity (Wildman–Crippen MR) is 124 cm³/mol. The van der Waals surface area contributed by atoms with Crippen molar-refractivity contribution in [3.8, 4) is 28.0 Å². The third kappa shape index (κ3) is 4.18. The minimum atomic E-state index is -0.177. The van der Waals surface area contributed by atoms with Crippen LogP contribution in [0, 0.1) is 0 Å². The summed E-state index contributed by atoms with van der Waals surface area (Å²) in [7, 11) is 0. The van der Waals surface area contributed by atoms with Crippen LogP contribution in [0.4, 0.5) is 0 Å². The monoisotopic (exact) mass is 388 g/mol. The van der Waals surface area contributed by atoms with Crippen molar-refractivity contribution in [2.75, 3.05) is 6.61 Å². The predicted octanol–water partition coefficient (Wildman–Crippen LogP) is 7.53. The molecule has 0 spiro atoms. The summed E-state index contributed by atoms with van der Waals surface area (Å²) >= 11 is 5.08. The Morgan fingerprint density at radius 2 is 1.32 bits per heavy atom. The SMILES string of the molecule is C=CCOc1c(-c2ccccc2)cc(C(S)(CC)CC)cc1-c1ccccc1. The van der Waals surface area contributed by atoms with Crippen LogP contribution in [0.5, 0.6) is 5.75 Å². The van der Waals surface area contributed by atoms with Gasteiger partial charge in [0.15, 0.2) is 0 Å². The molecule has 0 fully saturated rings. The highest BCUT2D eigenvalue weighted by molar-refractivity contribution is 7.81. The van der Waals surface area contributed by atoms with Crippen molar-refractivity contribution in [3.05, 3.63) is 91.0 Å². The highest BCUT2D eigenvalue weighted by Crippen LogP contribution is 2.45. The van der Waals surface area contributed by atoms with Gasteiger partial charge >= 0.3 is 0 Å². The molecule has 0 aliphatic carbocycles. The Morgan fingerprint density at radius 3 is 1.71 bits per heavy atom. The first-order chi connectivity index (χ1) is 13.6. The lowest BCUT2D eigenvalue weighted by molar-refractivity contribution is 0.366.